The van der Waals surface area contributed by atoms with Crippen LogP contribution in [0.15, 0.2) is 59.4 Å². The number of carbonyl (C=O) groups is 1. The van der Waals surface area contributed by atoms with E-state index < -0.39 is 0 Å². The molecule has 0 spiro atoms. The van der Waals surface area contributed by atoms with E-state index in [0.717, 1.165) is 22.2 Å². The lowest BCUT2D eigenvalue weighted by atomic mass is 9.97. The summed E-state index contributed by atoms with van der Waals surface area (Å²) < 4.78 is 5.15. The monoisotopic (exact) mass is 364 g/mol. The van der Waals surface area contributed by atoms with Gasteiger partial charge in [0.1, 0.15) is 5.75 Å². The molecule has 5 heteroatoms. The Balaban J connectivity index is 1.53. The third-order valence-electron chi connectivity index (χ3n) is 4.72. The Labute approximate surface area is 158 Å². The molecule has 1 atom stereocenters. The summed E-state index contributed by atoms with van der Waals surface area (Å²) in [7, 11) is 1.63. The fourth-order valence-corrected chi connectivity index (χ4v) is 3.12. The minimum atomic E-state index is -0.102. The fraction of sp³-hybridized carbons (Fsp3) is 0.273. The molecular formula is C22H24N2O3. The minimum Gasteiger partial charge on any atom is -0.497 e. The van der Waals surface area contributed by atoms with E-state index >= 15 is 0 Å². The summed E-state index contributed by atoms with van der Waals surface area (Å²) in [6.07, 6.45) is 0.906. The van der Waals surface area contributed by atoms with Crippen LogP contribution in [0.4, 0.5) is 0 Å². The first-order valence-electron chi connectivity index (χ1n) is 9.08. The molecule has 2 aromatic carbocycles. The van der Waals surface area contributed by atoms with Crippen molar-refractivity contribution in [3.8, 4) is 5.75 Å². The normalized spacial score (nSPS) is 11.9. The number of pyridine rings is 1. The van der Waals surface area contributed by atoms with E-state index in [1.165, 1.54) is 0 Å². The lowest BCUT2D eigenvalue weighted by Gasteiger charge is -2.13. The van der Waals surface area contributed by atoms with Gasteiger partial charge in [-0.2, -0.15) is 0 Å². The Morgan fingerprint density at radius 1 is 1.15 bits per heavy atom. The van der Waals surface area contributed by atoms with Crippen LogP contribution in [0.3, 0.4) is 0 Å². The van der Waals surface area contributed by atoms with Crippen molar-refractivity contribution in [1.29, 1.82) is 0 Å². The maximum atomic E-state index is 12.2. The number of para-hydroxylation sites is 1. The van der Waals surface area contributed by atoms with E-state index in [1.807, 2.05) is 61.5 Å². The van der Waals surface area contributed by atoms with Crippen molar-refractivity contribution < 1.29 is 9.53 Å². The van der Waals surface area contributed by atoms with E-state index in [2.05, 4.69) is 10.3 Å². The number of H-pyrrole nitrogens is 1. The van der Waals surface area contributed by atoms with Gasteiger partial charge in [0.2, 0.25) is 5.91 Å². The molecule has 0 fully saturated rings. The van der Waals surface area contributed by atoms with Crippen LogP contribution in [0.2, 0.25) is 0 Å². The van der Waals surface area contributed by atoms with E-state index in [1.54, 1.807) is 7.11 Å². The van der Waals surface area contributed by atoms with Gasteiger partial charge in [-0.05, 0) is 47.6 Å². The first-order valence-corrected chi connectivity index (χ1v) is 9.08. The molecule has 2 N–H and O–H groups in total. The van der Waals surface area contributed by atoms with Crippen LogP contribution in [0.25, 0.3) is 10.9 Å². The molecule has 0 radical (unpaired) electrons. The summed E-state index contributed by atoms with van der Waals surface area (Å²) in [6, 6.07) is 17.3. The fourth-order valence-electron chi connectivity index (χ4n) is 3.12. The number of rotatable bonds is 7. The lowest BCUT2D eigenvalue weighted by Crippen LogP contribution is -2.28. The molecule has 0 aliphatic carbocycles. The van der Waals surface area contributed by atoms with Crippen LogP contribution < -0.4 is 15.6 Å². The molecule has 0 saturated heterocycles. The van der Waals surface area contributed by atoms with Crippen LogP contribution in [0.5, 0.6) is 5.75 Å². The topological polar surface area (TPSA) is 71.2 Å². The Kier molecular flexibility index (Phi) is 5.91. The van der Waals surface area contributed by atoms with Gasteiger partial charge in [-0.15, -0.1) is 0 Å². The predicted molar refractivity (Wildman–Crippen MR) is 107 cm³/mol. The van der Waals surface area contributed by atoms with Crippen molar-refractivity contribution in [3.63, 3.8) is 0 Å². The quantitative estimate of drug-likeness (QED) is 0.675. The molecule has 27 heavy (non-hydrogen) atoms. The number of ether oxygens (including phenoxy) is 1. The highest BCUT2D eigenvalue weighted by atomic mass is 16.5. The van der Waals surface area contributed by atoms with Crippen molar-refractivity contribution in [1.82, 2.24) is 10.3 Å². The van der Waals surface area contributed by atoms with Crippen LogP contribution in [0, 0.1) is 0 Å². The average Bonchev–Trinajstić information content (AvgIpc) is 2.68. The Morgan fingerprint density at radius 3 is 2.63 bits per heavy atom. The molecule has 3 rings (SSSR count). The number of nitrogens with one attached hydrogen (secondary N) is 2. The molecular weight excluding hydrogens is 340 g/mol. The molecule has 1 unspecified atom stereocenters. The van der Waals surface area contributed by atoms with Gasteiger partial charge in [0.05, 0.1) is 7.11 Å². The highest BCUT2D eigenvalue weighted by Crippen LogP contribution is 2.21. The van der Waals surface area contributed by atoms with Gasteiger partial charge in [0.15, 0.2) is 0 Å². The van der Waals surface area contributed by atoms with Gasteiger partial charge >= 0.3 is 0 Å². The van der Waals surface area contributed by atoms with Crippen LogP contribution in [-0.2, 0) is 11.2 Å². The molecule has 0 bridgehead atoms. The van der Waals surface area contributed by atoms with E-state index in [9.17, 15) is 9.59 Å². The number of hydrogen-bond acceptors (Lipinski definition) is 3. The number of hydrogen-bond donors (Lipinski definition) is 2. The zero-order valence-corrected chi connectivity index (χ0v) is 15.6. The zero-order valence-electron chi connectivity index (χ0n) is 15.6. The number of aromatic nitrogens is 1. The predicted octanol–water partition coefficient (Wildman–Crippen LogP) is 3.39. The van der Waals surface area contributed by atoms with Crippen LogP contribution >= 0.6 is 0 Å². The smallest absolute Gasteiger partial charge is 0.251 e. The third-order valence-corrected chi connectivity index (χ3v) is 4.72. The molecule has 0 aliphatic heterocycles. The van der Waals surface area contributed by atoms with Crippen molar-refractivity contribution >= 4 is 16.8 Å². The number of benzene rings is 2. The SMILES string of the molecule is COc1ccc(C(C)CC(=O)NCCc2cc3ccccc3[nH]c2=O)cc1. The number of amides is 1. The van der Waals surface area contributed by atoms with Crippen LogP contribution in [0.1, 0.15) is 30.4 Å². The number of methoxy groups -OCH3 is 1. The molecule has 5 nitrogen and oxygen atoms in total. The standard InChI is InChI=1S/C22H24N2O3/c1-15(16-7-9-19(27-2)10-8-16)13-21(25)23-12-11-18-14-17-5-3-4-6-20(17)24-22(18)26/h3-10,14-15H,11-13H2,1-2H3,(H,23,25)(H,24,26). The van der Waals surface area contributed by atoms with E-state index in [4.69, 9.17) is 4.74 Å². The van der Waals surface area contributed by atoms with Gasteiger partial charge < -0.3 is 15.0 Å². The third kappa shape index (κ3) is 4.76. The number of aromatic amines is 1. The first kappa shape index (κ1) is 18.7. The summed E-state index contributed by atoms with van der Waals surface area (Å²) in [5.74, 6) is 0.895. The molecule has 1 amide bonds. The highest BCUT2D eigenvalue weighted by molar-refractivity contribution is 5.79. The average molecular weight is 364 g/mol. The van der Waals surface area contributed by atoms with Crippen molar-refractivity contribution in [2.45, 2.75) is 25.7 Å². The molecule has 140 valence electrons. The molecule has 0 saturated carbocycles. The van der Waals surface area contributed by atoms with Gasteiger partial charge in [0.25, 0.3) is 5.56 Å². The van der Waals surface area contributed by atoms with Gasteiger partial charge in [-0.25, -0.2) is 0 Å². The summed E-state index contributed by atoms with van der Waals surface area (Å²) >= 11 is 0. The largest absolute Gasteiger partial charge is 0.497 e. The molecule has 1 aromatic heterocycles. The number of carbonyl (C=O) groups excluding carboxylic acids is 1. The second kappa shape index (κ2) is 8.54. The van der Waals surface area contributed by atoms with Crippen molar-refractivity contribution in [3.05, 3.63) is 76.1 Å². The second-order valence-corrected chi connectivity index (χ2v) is 6.69. The summed E-state index contributed by atoms with van der Waals surface area (Å²) in [4.78, 5) is 27.2. The maximum absolute atomic E-state index is 12.2. The zero-order chi connectivity index (χ0) is 19.2. The molecule has 1 heterocycles. The maximum Gasteiger partial charge on any atom is 0.251 e. The Morgan fingerprint density at radius 2 is 1.89 bits per heavy atom. The van der Waals surface area contributed by atoms with Crippen molar-refractivity contribution in [2.75, 3.05) is 13.7 Å². The second-order valence-electron chi connectivity index (χ2n) is 6.69. The van der Waals surface area contributed by atoms with E-state index in [0.29, 0.717) is 24.9 Å². The van der Waals surface area contributed by atoms with Crippen molar-refractivity contribution in [2.24, 2.45) is 0 Å². The van der Waals surface area contributed by atoms with Gasteiger partial charge in [-0.1, -0.05) is 37.3 Å². The first-order chi connectivity index (χ1) is 13.1. The molecule has 0 aliphatic rings. The summed E-state index contributed by atoms with van der Waals surface area (Å²) in [5.41, 5.74) is 2.49. The lowest BCUT2D eigenvalue weighted by molar-refractivity contribution is -0.121. The van der Waals surface area contributed by atoms with E-state index in [-0.39, 0.29) is 17.4 Å². The summed E-state index contributed by atoms with van der Waals surface area (Å²) in [6.45, 7) is 2.46. The number of fused-ring (bicyclic) bond motifs is 1. The van der Waals surface area contributed by atoms with Gasteiger partial charge in [0, 0.05) is 24.0 Å². The Bertz CT molecular complexity index is 977. The Hall–Kier alpha value is -3.08. The highest BCUT2D eigenvalue weighted by Gasteiger charge is 2.11. The van der Waals surface area contributed by atoms with Gasteiger partial charge in [-0.3, -0.25) is 9.59 Å². The summed E-state index contributed by atoms with van der Waals surface area (Å²) in [5, 5.41) is 3.91. The van der Waals surface area contributed by atoms with Crippen LogP contribution in [-0.4, -0.2) is 24.5 Å². The minimum absolute atomic E-state index is 0.0180. The molecule has 3 aromatic rings.